The molecule has 1 N–H and O–H groups in total. The number of carbonyl (C=O) groups excluding carboxylic acids is 2. The molecule has 118 valence electrons. The molecular weight excluding hydrogens is 296 g/mol. The van der Waals surface area contributed by atoms with Crippen molar-refractivity contribution in [3.8, 4) is 11.8 Å². The summed E-state index contributed by atoms with van der Waals surface area (Å²) in [4.78, 5) is 24.6. The molecule has 2 rings (SSSR count). The largest absolute Gasteiger partial charge is 0.497 e. The van der Waals surface area contributed by atoms with Crippen LogP contribution < -0.4 is 10.1 Å². The van der Waals surface area contributed by atoms with Crippen molar-refractivity contribution in [3.63, 3.8) is 0 Å². The van der Waals surface area contributed by atoms with Crippen molar-refractivity contribution in [2.24, 2.45) is 5.92 Å². The summed E-state index contributed by atoms with van der Waals surface area (Å²) in [5.41, 5.74) is 0.725. The van der Waals surface area contributed by atoms with Gasteiger partial charge in [-0.25, -0.2) is 0 Å². The van der Waals surface area contributed by atoms with Gasteiger partial charge in [-0.15, -0.1) is 0 Å². The van der Waals surface area contributed by atoms with Gasteiger partial charge in [-0.1, -0.05) is 0 Å². The van der Waals surface area contributed by atoms with Crippen LogP contribution in [0.4, 0.5) is 5.69 Å². The Morgan fingerprint density at radius 2 is 1.91 bits per heavy atom. The van der Waals surface area contributed by atoms with Crippen LogP contribution in [0.25, 0.3) is 0 Å². The molecule has 0 aliphatic carbocycles. The van der Waals surface area contributed by atoms with Crippen molar-refractivity contribution in [1.82, 2.24) is 0 Å². The third kappa shape index (κ3) is 3.58. The second-order valence-corrected chi connectivity index (χ2v) is 4.97. The highest BCUT2D eigenvalue weighted by Crippen LogP contribution is 2.20. The fraction of sp³-hybridized carbons (Fsp3) is 0.235. The molecule has 2 aromatic rings. The number of nitrogens with zero attached hydrogens (tertiary/aromatic N) is 1. The number of Topliss-reactive ketones (excluding diaryl/α,β-unsaturated/α-hetero) is 1. The van der Waals surface area contributed by atoms with Gasteiger partial charge in [0, 0.05) is 5.69 Å². The quantitative estimate of drug-likeness (QED) is 0.677. The van der Waals surface area contributed by atoms with E-state index in [0.717, 1.165) is 0 Å². The molecule has 0 spiro atoms. The fourth-order valence-electron chi connectivity index (χ4n) is 2.16. The Labute approximate surface area is 133 Å². The number of nitrogens with one attached hydrogen (secondary N) is 1. The number of aryl methyl sites for hydroxylation is 2. The summed E-state index contributed by atoms with van der Waals surface area (Å²) in [6, 6.07) is 9.88. The molecule has 6 heteroatoms. The molecule has 23 heavy (non-hydrogen) atoms. The monoisotopic (exact) mass is 312 g/mol. The maximum absolute atomic E-state index is 12.4. The number of methoxy groups -OCH3 is 1. The lowest BCUT2D eigenvalue weighted by Crippen LogP contribution is -2.28. The van der Waals surface area contributed by atoms with Crippen LogP contribution >= 0.6 is 0 Å². The molecule has 0 aliphatic rings. The SMILES string of the molecule is COc1ccc(NC(=O)C(C#N)C(=O)c2cc(C)oc2C)cc1. The molecule has 1 unspecified atom stereocenters. The Kier molecular flexibility index (Phi) is 4.82. The lowest BCUT2D eigenvalue weighted by molar-refractivity contribution is -0.117. The normalized spacial score (nSPS) is 11.4. The first-order valence-electron chi connectivity index (χ1n) is 6.92. The van der Waals surface area contributed by atoms with Crippen LogP contribution in [0, 0.1) is 31.1 Å². The van der Waals surface area contributed by atoms with E-state index in [0.29, 0.717) is 23.0 Å². The summed E-state index contributed by atoms with van der Waals surface area (Å²) in [5, 5.41) is 11.8. The number of ether oxygens (including phenoxy) is 1. The minimum atomic E-state index is -1.44. The van der Waals surface area contributed by atoms with Gasteiger partial charge < -0.3 is 14.5 Å². The minimum absolute atomic E-state index is 0.249. The summed E-state index contributed by atoms with van der Waals surface area (Å²) >= 11 is 0. The third-order valence-corrected chi connectivity index (χ3v) is 3.32. The maximum Gasteiger partial charge on any atom is 0.249 e. The summed E-state index contributed by atoms with van der Waals surface area (Å²) in [7, 11) is 1.53. The fourth-order valence-corrected chi connectivity index (χ4v) is 2.16. The Morgan fingerprint density at radius 3 is 2.39 bits per heavy atom. The Hall–Kier alpha value is -3.07. The van der Waals surface area contributed by atoms with Gasteiger partial charge in [0.05, 0.1) is 18.7 Å². The van der Waals surface area contributed by atoms with Crippen LogP contribution in [-0.2, 0) is 4.79 Å². The highest BCUT2D eigenvalue weighted by molar-refractivity contribution is 6.15. The number of rotatable bonds is 5. The van der Waals surface area contributed by atoms with Crippen LogP contribution in [0.3, 0.4) is 0 Å². The van der Waals surface area contributed by atoms with E-state index in [1.54, 1.807) is 44.2 Å². The number of nitriles is 1. The predicted molar refractivity (Wildman–Crippen MR) is 83.2 cm³/mol. The van der Waals surface area contributed by atoms with Crippen LogP contribution in [-0.4, -0.2) is 18.8 Å². The molecule has 0 saturated carbocycles. The molecular formula is C17H16N2O4. The highest BCUT2D eigenvalue weighted by Gasteiger charge is 2.30. The van der Waals surface area contributed by atoms with Gasteiger partial charge in [-0.2, -0.15) is 5.26 Å². The Morgan fingerprint density at radius 1 is 1.26 bits per heavy atom. The summed E-state index contributed by atoms with van der Waals surface area (Å²) < 4.78 is 10.3. The van der Waals surface area contributed by atoms with Gasteiger partial charge in [0.25, 0.3) is 0 Å². The number of carbonyl (C=O) groups is 2. The number of ketones is 1. The third-order valence-electron chi connectivity index (χ3n) is 3.32. The molecule has 6 nitrogen and oxygen atoms in total. The zero-order valence-electron chi connectivity index (χ0n) is 13.0. The molecule has 1 aromatic carbocycles. The minimum Gasteiger partial charge on any atom is -0.497 e. The number of furan rings is 1. The predicted octanol–water partition coefficient (Wildman–Crippen LogP) is 2.87. The molecule has 1 aromatic heterocycles. The molecule has 0 fully saturated rings. The zero-order valence-corrected chi connectivity index (χ0v) is 13.0. The first kappa shape index (κ1) is 16.3. The van der Waals surface area contributed by atoms with E-state index in [2.05, 4.69) is 5.32 Å². The highest BCUT2D eigenvalue weighted by atomic mass is 16.5. The number of amides is 1. The Balaban J connectivity index is 2.16. The van der Waals surface area contributed by atoms with Crippen molar-refractivity contribution in [2.45, 2.75) is 13.8 Å². The molecule has 1 amide bonds. The lowest BCUT2D eigenvalue weighted by atomic mass is 9.98. The summed E-state index contributed by atoms with van der Waals surface area (Å²) in [5.74, 6) is -1.11. The standard InChI is InChI=1S/C17H16N2O4/c1-10-8-14(11(2)23-10)16(20)15(9-18)17(21)19-12-4-6-13(22-3)7-5-12/h4-8,15H,1-3H3,(H,19,21). The smallest absolute Gasteiger partial charge is 0.249 e. The molecule has 0 aliphatic heterocycles. The van der Waals surface area contributed by atoms with E-state index < -0.39 is 17.6 Å². The van der Waals surface area contributed by atoms with Crippen LogP contribution in [0.15, 0.2) is 34.7 Å². The Bertz CT molecular complexity index is 769. The lowest BCUT2D eigenvalue weighted by Gasteiger charge is -2.09. The van der Waals surface area contributed by atoms with Crippen molar-refractivity contribution in [3.05, 3.63) is 47.4 Å². The molecule has 1 atom stereocenters. The van der Waals surface area contributed by atoms with Crippen LogP contribution in [0.1, 0.15) is 21.9 Å². The number of anilines is 1. The van der Waals surface area contributed by atoms with Crippen molar-refractivity contribution >= 4 is 17.4 Å². The van der Waals surface area contributed by atoms with Gasteiger partial charge in [-0.05, 0) is 44.2 Å². The van der Waals surface area contributed by atoms with E-state index in [1.165, 1.54) is 13.2 Å². The van der Waals surface area contributed by atoms with Crippen LogP contribution in [0.2, 0.25) is 0 Å². The average molecular weight is 312 g/mol. The van der Waals surface area contributed by atoms with E-state index in [1.807, 2.05) is 0 Å². The van der Waals surface area contributed by atoms with Gasteiger partial charge >= 0.3 is 0 Å². The summed E-state index contributed by atoms with van der Waals surface area (Å²) in [6.45, 7) is 3.32. The van der Waals surface area contributed by atoms with Crippen molar-refractivity contribution in [2.75, 3.05) is 12.4 Å². The maximum atomic E-state index is 12.4. The molecule has 0 bridgehead atoms. The number of hydrogen-bond acceptors (Lipinski definition) is 5. The second-order valence-electron chi connectivity index (χ2n) is 4.97. The summed E-state index contributed by atoms with van der Waals surface area (Å²) in [6.07, 6.45) is 0. The first-order chi connectivity index (χ1) is 11.0. The second kappa shape index (κ2) is 6.79. The average Bonchev–Trinajstić information content (AvgIpc) is 2.87. The van der Waals surface area contributed by atoms with E-state index >= 15 is 0 Å². The van der Waals surface area contributed by atoms with E-state index in [-0.39, 0.29) is 5.56 Å². The van der Waals surface area contributed by atoms with E-state index in [4.69, 9.17) is 9.15 Å². The number of hydrogen-bond donors (Lipinski definition) is 1. The van der Waals surface area contributed by atoms with Crippen molar-refractivity contribution in [1.29, 1.82) is 5.26 Å². The van der Waals surface area contributed by atoms with Crippen molar-refractivity contribution < 1.29 is 18.7 Å². The van der Waals surface area contributed by atoms with Gasteiger partial charge in [0.1, 0.15) is 17.3 Å². The van der Waals surface area contributed by atoms with Gasteiger partial charge in [0.15, 0.2) is 11.7 Å². The van der Waals surface area contributed by atoms with E-state index in [9.17, 15) is 14.9 Å². The molecule has 1 heterocycles. The topological polar surface area (TPSA) is 92.3 Å². The molecule has 0 saturated heterocycles. The first-order valence-corrected chi connectivity index (χ1v) is 6.92. The zero-order chi connectivity index (χ0) is 17.0. The van der Waals surface area contributed by atoms with Gasteiger partial charge in [-0.3, -0.25) is 9.59 Å². The van der Waals surface area contributed by atoms with Crippen LogP contribution in [0.5, 0.6) is 5.75 Å². The van der Waals surface area contributed by atoms with Gasteiger partial charge in [0.2, 0.25) is 5.91 Å². The molecule has 0 radical (unpaired) electrons. The number of benzene rings is 1.